The summed E-state index contributed by atoms with van der Waals surface area (Å²) in [5, 5.41) is 0. The first-order valence-electron chi connectivity index (χ1n) is 8.86. The van der Waals surface area contributed by atoms with Crippen LogP contribution in [0.25, 0.3) is 0 Å². The molecule has 0 radical (unpaired) electrons. The number of halogens is 1. The second kappa shape index (κ2) is 9.16. The minimum atomic E-state index is -0.450. The van der Waals surface area contributed by atoms with Gasteiger partial charge in [0, 0.05) is 16.7 Å². The van der Waals surface area contributed by atoms with E-state index in [-0.39, 0.29) is 12.5 Å². The molecule has 4 nitrogen and oxygen atoms in total. The van der Waals surface area contributed by atoms with Crippen LogP contribution in [-0.4, -0.2) is 36.5 Å². The van der Waals surface area contributed by atoms with Gasteiger partial charge in [-0.05, 0) is 77.6 Å². The van der Waals surface area contributed by atoms with E-state index in [0.29, 0.717) is 11.5 Å². The van der Waals surface area contributed by atoms with Crippen LogP contribution < -0.4 is 0 Å². The number of benzene rings is 2. The van der Waals surface area contributed by atoms with E-state index in [0.717, 1.165) is 35.9 Å². The Morgan fingerprint density at radius 3 is 2.31 bits per heavy atom. The van der Waals surface area contributed by atoms with E-state index < -0.39 is 5.97 Å². The summed E-state index contributed by atoms with van der Waals surface area (Å²) in [4.78, 5) is 26.1. The van der Waals surface area contributed by atoms with E-state index in [1.165, 1.54) is 5.56 Å². The molecule has 1 amide bonds. The molecule has 2 aromatic rings. The highest BCUT2D eigenvalue weighted by atomic mass is 127. The molecule has 1 saturated heterocycles. The van der Waals surface area contributed by atoms with Crippen molar-refractivity contribution in [3.05, 3.63) is 69.3 Å². The quantitative estimate of drug-likeness (QED) is 0.499. The van der Waals surface area contributed by atoms with Crippen molar-refractivity contribution in [1.82, 2.24) is 4.90 Å². The third-order valence-corrected chi connectivity index (χ3v) is 5.46. The Labute approximate surface area is 167 Å². The number of carbonyl (C=O) groups excluding carboxylic acids is 2. The zero-order valence-corrected chi connectivity index (χ0v) is 16.7. The molecule has 0 bridgehead atoms. The van der Waals surface area contributed by atoms with Crippen molar-refractivity contribution in [2.24, 2.45) is 5.92 Å². The molecule has 0 N–H and O–H groups in total. The van der Waals surface area contributed by atoms with Crippen LogP contribution in [-0.2, 0) is 16.0 Å². The van der Waals surface area contributed by atoms with Crippen molar-refractivity contribution in [3.63, 3.8) is 0 Å². The molecule has 1 heterocycles. The molecular formula is C21H22INO3. The molecule has 26 heavy (non-hydrogen) atoms. The fourth-order valence-corrected chi connectivity index (χ4v) is 3.58. The number of esters is 1. The van der Waals surface area contributed by atoms with Crippen molar-refractivity contribution in [3.8, 4) is 0 Å². The molecule has 0 aliphatic carbocycles. The van der Waals surface area contributed by atoms with Crippen LogP contribution >= 0.6 is 22.6 Å². The van der Waals surface area contributed by atoms with Gasteiger partial charge in [-0.15, -0.1) is 0 Å². The van der Waals surface area contributed by atoms with Crippen molar-refractivity contribution < 1.29 is 14.3 Å². The van der Waals surface area contributed by atoms with Gasteiger partial charge >= 0.3 is 5.97 Å². The summed E-state index contributed by atoms with van der Waals surface area (Å²) in [5.41, 5.74) is 1.82. The Bertz CT molecular complexity index is 738. The van der Waals surface area contributed by atoms with Gasteiger partial charge in [-0.1, -0.05) is 30.3 Å². The lowest BCUT2D eigenvalue weighted by atomic mass is 9.90. The number of amides is 1. The predicted octanol–water partition coefficient (Wildman–Crippen LogP) is 3.93. The molecule has 0 unspecified atom stereocenters. The molecule has 0 spiro atoms. The highest BCUT2D eigenvalue weighted by molar-refractivity contribution is 14.1. The number of hydrogen-bond donors (Lipinski definition) is 0. The lowest BCUT2D eigenvalue weighted by molar-refractivity contribution is -0.135. The topological polar surface area (TPSA) is 46.6 Å². The summed E-state index contributed by atoms with van der Waals surface area (Å²) in [5.74, 6) is 0.0477. The second-order valence-corrected chi connectivity index (χ2v) is 7.84. The highest BCUT2D eigenvalue weighted by Gasteiger charge is 2.23. The molecule has 136 valence electrons. The Morgan fingerprint density at radius 2 is 1.65 bits per heavy atom. The third kappa shape index (κ3) is 5.30. The van der Waals surface area contributed by atoms with Gasteiger partial charge in [0.2, 0.25) is 0 Å². The summed E-state index contributed by atoms with van der Waals surface area (Å²) in [6.45, 7) is 1.28. The normalized spacial score (nSPS) is 14.9. The smallest absolute Gasteiger partial charge is 0.338 e. The zero-order chi connectivity index (χ0) is 18.4. The van der Waals surface area contributed by atoms with E-state index in [4.69, 9.17) is 4.74 Å². The van der Waals surface area contributed by atoms with Crippen LogP contribution in [0, 0.1) is 9.49 Å². The Morgan fingerprint density at radius 1 is 1.00 bits per heavy atom. The molecule has 0 saturated carbocycles. The summed E-state index contributed by atoms with van der Waals surface area (Å²) in [7, 11) is 0. The largest absolute Gasteiger partial charge is 0.452 e. The number of nitrogens with zero attached hydrogens (tertiary/aromatic N) is 1. The molecule has 1 fully saturated rings. The molecule has 1 aliphatic rings. The van der Waals surface area contributed by atoms with Crippen LogP contribution in [0.5, 0.6) is 0 Å². The summed E-state index contributed by atoms with van der Waals surface area (Å²) in [6.07, 6.45) is 3.04. The highest BCUT2D eigenvalue weighted by Crippen LogP contribution is 2.21. The third-order valence-electron chi connectivity index (χ3n) is 4.74. The van der Waals surface area contributed by atoms with Crippen LogP contribution in [0.3, 0.4) is 0 Å². The second-order valence-electron chi connectivity index (χ2n) is 6.60. The van der Waals surface area contributed by atoms with Gasteiger partial charge in [-0.3, -0.25) is 4.79 Å². The van der Waals surface area contributed by atoms with E-state index in [1.54, 1.807) is 12.1 Å². The van der Waals surface area contributed by atoms with Gasteiger partial charge in [0.1, 0.15) is 0 Å². The Kier molecular flexibility index (Phi) is 6.66. The molecule has 3 rings (SSSR count). The number of piperidine rings is 1. The maximum atomic E-state index is 12.3. The monoisotopic (exact) mass is 463 g/mol. The van der Waals surface area contributed by atoms with Crippen LogP contribution in [0.2, 0.25) is 0 Å². The average molecular weight is 463 g/mol. The summed E-state index contributed by atoms with van der Waals surface area (Å²) >= 11 is 2.18. The Balaban J connectivity index is 1.42. The van der Waals surface area contributed by atoms with Crippen molar-refractivity contribution >= 4 is 34.5 Å². The standard InChI is InChI=1S/C21H22INO3/c22-19-8-6-18(7-9-19)21(25)26-15-20(24)23-12-10-17(11-13-23)14-16-4-2-1-3-5-16/h1-9,17H,10-15H2. The average Bonchev–Trinajstić information content (AvgIpc) is 2.68. The molecule has 5 heteroatoms. The molecule has 2 aromatic carbocycles. The summed E-state index contributed by atoms with van der Waals surface area (Å²) < 4.78 is 6.22. The minimum Gasteiger partial charge on any atom is -0.452 e. The first kappa shape index (κ1) is 18.9. The van der Waals surface area contributed by atoms with Gasteiger partial charge in [0.05, 0.1) is 5.56 Å². The number of carbonyl (C=O) groups is 2. The van der Waals surface area contributed by atoms with E-state index in [1.807, 2.05) is 23.1 Å². The number of rotatable bonds is 5. The fraction of sp³-hybridized carbons (Fsp3) is 0.333. The Hall–Kier alpha value is -1.89. The first-order valence-corrected chi connectivity index (χ1v) is 9.94. The molecule has 0 aromatic heterocycles. The fourth-order valence-electron chi connectivity index (χ4n) is 3.22. The van der Waals surface area contributed by atoms with Gasteiger partial charge < -0.3 is 9.64 Å². The maximum absolute atomic E-state index is 12.3. The van der Waals surface area contributed by atoms with Gasteiger partial charge in [0.25, 0.3) is 5.91 Å². The van der Waals surface area contributed by atoms with Crippen LogP contribution in [0.1, 0.15) is 28.8 Å². The van der Waals surface area contributed by atoms with Crippen LogP contribution in [0.15, 0.2) is 54.6 Å². The number of ether oxygens (including phenoxy) is 1. The minimum absolute atomic E-state index is 0.109. The SMILES string of the molecule is O=C(OCC(=O)N1CCC(Cc2ccccc2)CC1)c1ccc(I)cc1. The van der Waals surface area contributed by atoms with E-state index in [2.05, 4.69) is 46.9 Å². The number of likely N-dealkylation sites (tertiary alicyclic amines) is 1. The van der Waals surface area contributed by atoms with Crippen LogP contribution in [0.4, 0.5) is 0 Å². The first-order chi connectivity index (χ1) is 12.6. The molecule has 0 atom stereocenters. The molecular weight excluding hydrogens is 441 g/mol. The zero-order valence-electron chi connectivity index (χ0n) is 14.6. The van der Waals surface area contributed by atoms with Gasteiger partial charge in [0.15, 0.2) is 6.61 Å². The van der Waals surface area contributed by atoms with Crippen molar-refractivity contribution in [2.75, 3.05) is 19.7 Å². The predicted molar refractivity (Wildman–Crippen MR) is 109 cm³/mol. The van der Waals surface area contributed by atoms with Crippen molar-refractivity contribution in [1.29, 1.82) is 0 Å². The van der Waals surface area contributed by atoms with E-state index in [9.17, 15) is 9.59 Å². The van der Waals surface area contributed by atoms with Gasteiger partial charge in [-0.2, -0.15) is 0 Å². The van der Waals surface area contributed by atoms with E-state index >= 15 is 0 Å². The van der Waals surface area contributed by atoms with Gasteiger partial charge in [-0.25, -0.2) is 4.79 Å². The lowest BCUT2D eigenvalue weighted by Crippen LogP contribution is -2.41. The molecule has 1 aliphatic heterocycles. The lowest BCUT2D eigenvalue weighted by Gasteiger charge is -2.32. The summed E-state index contributed by atoms with van der Waals surface area (Å²) in [6, 6.07) is 17.6. The van der Waals surface area contributed by atoms with Crippen molar-refractivity contribution in [2.45, 2.75) is 19.3 Å². The maximum Gasteiger partial charge on any atom is 0.338 e. The number of hydrogen-bond acceptors (Lipinski definition) is 3.